The van der Waals surface area contributed by atoms with Gasteiger partial charge in [0, 0.05) is 19.3 Å². The number of amides is 1. The summed E-state index contributed by atoms with van der Waals surface area (Å²) >= 11 is 2.76. The van der Waals surface area contributed by atoms with Gasteiger partial charge in [-0.1, -0.05) is 41.3 Å². The molecule has 0 saturated heterocycles. The summed E-state index contributed by atoms with van der Waals surface area (Å²) in [6.07, 6.45) is 0. The largest absolute Gasteiger partial charge is 0.457 e. The molecule has 2 aromatic carbocycles. The van der Waals surface area contributed by atoms with Gasteiger partial charge in [-0.2, -0.15) is 0 Å². The Morgan fingerprint density at radius 2 is 1.82 bits per heavy atom. The third kappa shape index (κ3) is 6.52. The van der Waals surface area contributed by atoms with Crippen LogP contribution in [0.1, 0.15) is 0 Å². The summed E-state index contributed by atoms with van der Waals surface area (Å²) < 4.78 is 11.4. The van der Waals surface area contributed by atoms with E-state index >= 15 is 0 Å². The van der Waals surface area contributed by atoms with E-state index in [1.807, 2.05) is 54.6 Å². The molecule has 146 valence electrons. The fourth-order valence-corrected chi connectivity index (χ4v) is 3.73. The highest BCUT2D eigenvalue weighted by Gasteiger charge is 2.08. The molecule has 0 bridgehead atoms. The Balaban J connectivity index is 1.43. The van der Waals surface area contributed by atoms with Crippen LogP contribution >= 0.6 is 23.1 Å². The quantitative estimate of drug-likeness (QED) is 0.380. The summed E-state index contributed by atoms with van der Waals surface area (Å²) in [5.41, 5.74) is 0.713. The van der Waals surface area contributed by atoms with Crippen molar-refractivity contribution in [2.24, 2.45) is 0 Å². The number of para-hydroxylation sites is 1. The summed E-state index contributed by atoms with van der Waals surface area (Å²) in [4.78, 5) is 12.1. The molecule has 0 aliphatic rings. The van der Waals surface area contributed by atoms with Crippen molar-refractivity contribution in [1.82, 2.24) is 10.2 Å². The second kappa shape index (κ2) is 10.6. The highest BCUT2D eigenvalue weighted by Crippen LogP contribution is 2.26. The monoisotopic (exact) mass is 416 g/mol. The maximum atomic E-state index is 12.1. The standard InChI is InChI=1S/C19H20N4O3S2/c1-25-12-11-20-18-22-23-19(28-18)27-13-17(24)21-14-7-9-16(10-8-14)26-15-5-3-2-4-6-15/h2-10H,11-13H2,1H3,(H,20,22)(H,21,24). The lowest BCUT2D eigenvalue weighted by molar-refractivity contribution is -0.113. The molecular weight excluding hydrogens is 396 g/mol. The smallest absolute Gasteiger partial charge is 0.234 e. The SMILES string of the molecule is COCCNc1nnc(SCC(=O)Nc2ccc(Oc3ccccc3)cc2)s1. The molecule has 9 heteroatoms. The molecule has 28 heavy (non-hydrogen) atoms. The van der Waals surface area contributed by atoms with Crippen LogP contribution < -0.4 is 15.4 Å². The number of carbonyl (C=O) groups excluding carboxylic acids is 1. The van der Waals surface area contributed by atoms with Gasteiger partial charge in [0.25, 0.3) is 0 Å². The number of anilines is 2. The van der Waals surface area contributed by atoms with Gasteiger partial charge >= 0.3 is 0 Å². The number of rotatable bonds is 10. The molecule has 2 N–H and O–H groups in total. The van der Waals surface area contributed by atoms with E-state index < -0.39 is 0 Å². The Kier molecular flexibility index (Phi) is 7.65. The van der Waals surface area contributed by atoms with E-state index in [1.54, 1.807) is 7.11 Å². The van der Waals surface area contributed by atoms with E-state index in [0.29, 0.717) is 29.7 Å². The normalized spacial score (nSPS) is 10.5. The van der Waals surface area contributed by atoms with Crippen molar-refractivity contribution in [3.8, 4) is 11.5 Å². The Morgan fingerprint density at radius 1 is 1.07 bits per heavy atom. The number of nitrogens with zero attached hydrogens (tertiary/aromatic N) is 2. The summed E-state index contributed by atoms with van der Waals surface area (Å²) in [5.74, 6) is 1.63. The number of thioether (sulfide) groups is 1. The first-order valence-electron chi connectivity index (χ1n) is 8.55. The average Bonchev–Trinajstić information content (AvgIpc) is 3.17. The van der Waals surface area contributed by atoms with Crippen LogP contribution in [-0.4, -0.2) is 42.1 Å². The molecule has 1 heterocycles. The van der Waals surface area contributed by atoms with Crippen molar-refractivity contribution in [1.29, 1.82) is 0 Å². The fraction of sp³-hybridized carbons (Fsp3) is 0.211. The molecule has 3 aromatic rings. The maximum absolute atomic E-state index is 12.1. The minimum Gasteiger partial charge on any atom is -0.457 e. The molecule has 0 fully saturated rings. The minimum atomic E-state index is -0.106. The van der Waals surface area contributed by atoms with Crippen molar-refractivity contribution in [2.45, 2.75) is 4.34 Å². The molecule has 1 amide bonds. The van der Waals surface area contributed by atoms with Gasteiger partial charge in [0.15, 0.2) is 4.34 Å². The summed E-state index contributed by atoms with van der Waals surface area (Å²) in [5, 5.41) is 14.8. The molecule has 0 radical (unpaired) electrons. The van der Waals surface area contributed by atoms with Crippen LogP contribution in [0.15, 0.2) is 58.9 Å². The van der Waals surface area contributed by atoms with Gasteiger partial charge in [0.05, 0.1) is 12.4 Å². The van der Waals surface area contributed by atoms with Crippen LogP contribution in [-0.2, 0) is 9.53 Å². The predicted octanol–water partition coefficient (Wildman–Crippen LogP) is 4.12. The van der Waals surface area contributed by atoms with Crippen molar-refractivity contribution < 1.29 is 14.3 Å². The van der Waals surface area contributed by atoms with E-state index in [4.69, 9.17) is 9.47 Å². The van der Waals surface area contributed by atoms with E-state index in [2.05, 4.69) is 20.8 Å². The first-order chi connectivity index (χ1) is 13.7. The number of benzene rings is 2. The molecule has 0 atom stereocenters. The number of carbonyl (C=O) groups is 1. The van der Waals surface area contributed by atoms with Gasteiger partial charge in [0.1, 0.15) is 11.5 Å². The molecule has 0 spiro atoms. The zero-order valence-electron chi connectivity index (χ0n) is 15.3. The summed E-state index contributed by atoms with van der Waals surface area (Å²) in [7, 11) is 1.64. The Bertz CT molecular complexity index is 872. The lowest BCUT2D eigenvalue weighted by Crippen LogP contribution is -2.13. The molecular formula is C19H20N4O3S2. The Labute approximate surface area is 171 Å². The molecule has 0 saturated carbocycles. The van der Waals surface area contributed by atoms with Crippen LogP contribution in [0.5, 0.6) is 11.5 Å². The van der Waals surface area contributed by atoms with Crippen LogP contribution in [0, 0.1) is 0 Å². The highest BCUT2D eigenvalue weighted by molar-refractivity contribution is 8.01. The lowest BCUT2D eigenvalue weighted by atomic mass is 10.3. The maximum Gasteiger partial charge on any atom is 0.234 e. The number of hydrogen-bond donors (Lipinski definition) is 2. The first-order valence-corrected chi connectivity index (χ1v) is 10.3. The fourth-order valence-electron chi connectivity index (χ4n) is 2.15. The number of ether oxygens (including phenoxy) is 2. The van der Waals surface area contributed by atoms with E-state index in [0.717, 1.165) is 10.1 Å². The molecule has 3 rings (SSSR count). The van der Waals surface area contributed by atoms with Gasteiger partial charge in [-0.3, -0.25) is 4.79 Å². The number of aromatic nitrogens is 2. The summed E-state index contributed by atoms with van der Waals surface area (Å²) in [6, 6.07) is 16.8. The second-order valence-electron chi connectivity index (χ2n) is 5.57. The predicted molar refractivity (Wildman–Crippen MR) is 113 cm³/mol. The zero-order valence-corrected chi connectivity index (χ0v) is 16.9. The number of hydrogen-bond acceptors (Lipinski definition) is 8. The molecule has 0 aliphatic heterocycles. The molecule has 7 nitrogen and oxygen atoms in total. The highest BCUT2D eigenvalue weighted by atomic mass is 32.2. The molecule has 0 aliphatic carbocycles. The Morgan fingerprint density at radius 3 is 2.57 bits per heavy atom. The topological polar surface area (TPSA) is 85.4 Å². The van der Waals surface area contributed by atoms with Crippen molar-refractivity contribution in [2.75, 3.05) is 36.6 Å². The van der Waals surface area contributed by atoms with Gasteiger partial charge in [-0.25, -0.2) is 0 Å². The second-order valence-corrected chi connectivity index (χ2v) is 7.77. The van der Waals surface area contributed by atoms with Gasteiger partial charge < -0.3 is 20.1 Å². The third-order valence-corrected chi connectivity index (χ3v) is 5.45. The van der Waals surface area contributed by atoms with Crippen LogP contribution in [0.25, 0.3) is 0 Å². The third-order valence-electron chi connectivity index (χ3n) is 3.43. The van der Waals surface area contributed by atoms with Gasteiger partial charge in [-0.05, 0) is 36.4 Å². The van der Waals surface area contributed by atoms with Crippen LogP contribution in [0.4, 0.5) is 10.8 Å². The summed E-state index contributed by atoms with van der Waals surface area (Å²) in [6.45, 7) is 1.26. The van der Waals surface area contributed by atoms with E-state index in [1.165, 1.54) is 23.1 Å². The Hall–Kier alpha value is -2.62. The lowest BCUT2D eigenvalue weighted by Gasteiger charge is -2.07. The van der Waals surface area contributed by atoms with Crippen molar-refractivity contribution in [3.63, 3.8) is 0 Å². The number of nitrogens with one attached hydrogen (secondary N) is 2. The van der Waals surface area contributed by atoms with Crippen LogP contribution in [0.3, 0.4) is 0 Å². The van der Waals surface area contributed by atoms with Gasteiger partial charge in [0.2, 0.25) is 11.0 Å². The van der Waals surface area contributed by atoms with E-state index in [-0.39, 0.29) is 11.7 Å². The zero-order chi connectivity index (χ0) is 19.6. The average molecular weight is 417 g/mol. The first kappa shape index (κ1) is 20.1. The van der Waals surface area contributed by atoms with E-state index in [9.17, 15) is 4.79 Å². The van der Waals surface area contributed by atoms with Crippen molar-refractivity contribution in [3.05, 3.63) is 54.6 Å². The minimum absolute atomic E-state index is 0.106. The van der Waals surface area contributed by atoms with Gasteiger partial charge in [-0.15, -0.1) is 10.2 Å². The number of methoxy groups -OCH3 is 1. The van der Waals surface area contributed by atoms with Crippen molar-refractivity contribution >= 4 is 39.8 Å². The van der Waals surface area contributed by atoms with Crippen LogP contribution in [0.2, 0.25) is 0 Å². The molecule has 0 unspecified atom stereocenters. The molecule has 1 aromatic heterocycles.